The highest BCUT2D eigenvalue weighted by Crippen LogP contribution is 2.36. The number of nitrogens with one attached hydrogen (secondary N) is 1. The van der Waals surface area contributed by atoms with Crippen LogP contribution in [0.4, 0.5) is 0 Å². The minimum atomic E-state index is -0.0461. The van der Waals surface area contributed by atoms with Crippen molar-refractivity contribution in [3.05, 3.63) is 40.4 Å². The fraction of sp³-hybridized carbons (Fsp3) is 0.389. The number of fused-ring (bicyclic) bond motifs is 1. The largest absolute Gasteiger partial charge is 0.495 e. The number of methoxy groups -OCH3 is 1. The van der Waals surface area contributed by atoms with Gasteiger partial charge in [0.1, 0.15) is 5.75 Å². The number of rotatable bonds is 3. The summed E-state index contributed by atoms with van der Waals surface area (Å²) < 4.78 is 6.32. The molecule has 116 valence electrons. The van der Waals surface area contributed by atoms with Crippen LogP contribution in [-0.2, 0) is 0 Å². The van der Waals surface area contributed by atoms with Gasteiger partial charge in [-0.3, -0.25) is 4.79 Å². The van der Waals surface area contributed by atoms with Gasteiger partial charge in [-0.15, -0.1) is 0 Å². The van der Waals surface area contributed by atoms with Crippen LogP contribution < -0.4 is 10.1 Å². The van der Waals surface area contributed by atoms with E-state index < -0.39 is 0 Å². The van der Waals surface area contributed by atoms with Crippen molar-refractivity contribution in [2.45, 2.75) is 38.1 Å². The summed E-state index contributed by atoms with van der Waals surface area (Å²) in [7, 11) is 1.60. The number of amides is 1. The third kappa shape index (κ3) is 2.98. The first-order valence-corrected chi connectivity index (χ1v) is 8.56. The lowest BCUT2D eigenvalue weighted by atomic mass is 9.95. The lowest BCUT2D eigenvalue weighted by molar-refractivity contribution is 0.0924. The predicted molar refractivity (Wildman–Crippen MR) is 92.5 cm³/mol. The van der Waals surface area contributed by atoms with Crippen molar-refractivity contribution in [2.24, 2.45) is 0 Å². The zero-order valence-corrected chi connectivity index (χ0v) is 14.3. The molecule has 0 aliphatic heterocycles. The highest BCUT2D eigenvalue weighted by Gasteiger charge is 2.21. The summed E-state index contributed by atoms with van der Waals surface area (Å²) in [5.74, 6) is 0.558. The minimum absolute atomic E-state index is 0.0461. The molecule has 0 unspecified atom stereocenters. The molecule has 4 heteroatoms. The van der Waals surface area contributed by atoms with Gasteiger partial charge in [0, 0.05) is 6.04 Å². The van der Waals surface area contributed by atoms with Gasteiger partial charge in [-0.1, -0.05) is 43.5 Å². The van der Waals surface area contributed by atoms with Gasteiger partial charge in [0.05, 0.1) is 17.1 Å². The Kier molecular flexibility index (Phi) is 4.67. The number of carbonyl (C=O) groups is 1. The van der Waals surface area contributed by atoms with E-state index in [0.717, 1.165) is 28.1 Å². The van der Waals surface area contributed by atoms with Crippen molar-refractivity contribution < 1.29 is 9.53 Å². The van der Waals surface area contributed by atoms with E-state index in [9.17, 15) is 4.79 Å². The average molecular weight is 362 g/mol. The van der Waals surface area contributed by atoms with Gasteiger partial charge >= 0.3 is 0 Å². The Morgan fingerprint density at radius 2 is 1.95 bits per heavy atom. The number of hydrogen-bond acceptors (Lipinski definition) is 2. The predicted octanol–water partition coefficient (Wildman–Crippen LogP) is 4.67. The van der Waals surface area contributed by atoms with Crippen LogP contribution in [-0.4, -0.2) is 19.1 Å². The Morgan fingerprint density at radius 3 is 2.68 bits per heavy atom. The summed E-state index contributed by atoms with van der Waals surface area (Å²) in [5.41, 5.74) is 0.596. The molecule has 0 saturated heterocycles. The normalized spacial score (nSPS) is 15.7. The molecule has 22 heavy (non-hydrogen) atoms. The van der Waals surface area contributed by atoms with E-state index in [0.29, 0.717) is 11.3 Å². The first kappa shape index (κ1) is 15.3. The smallest absolute Gasteiger partial charge is 0.255 e. The molecule has 0 atom stereocenters. The summed E-state index contributed by atoms with van der Waals surface area (Å²) >= 11 is 3.58. The van der Waals surface area contributed by atoms with E-state index >= 15 is 0 Å². The molecule has 1 aliphatic carbocycles. The first-order valence-electron chi connectivity index (χ1n) is 7.77. The third-order valence-electron chi connectivity index (χ3n) is 4.33. The fourth-order valence-electron chi connectivity index (χ4n) is 3.16. The van der Waals surface area contributed by atoms with E-state index in [-0.39, 0.29) is 11.9 Å². The molecule has 0 heterocycles. The Bertz CT molecular complexity index is 693. The Labute approximate surface area is 139 Å². The zero-order chi connectivity index (χ0) is 15.5. The minimum Gasteiger partial charge on any atom is -0.495 e. The van der Waals surface area contributed by atoms with Gasteiger partial charge in [0.15, 0.2) is 0 Å². The molecule has 1 N–H and O–H groups in total. The van der Waals surface area contributed by atoms with E-state index in [1.165, 1.54) is 19.3 Å². The number of halogens is 1. The van der Waals surface area contributed by atoms with Crippen LogP contribution in [0, 0.1) is 0 Å². The van der Waals surface area contributed by atoms with Crippen molar-refractivity contribution >= 4 is 32.6 Å². The SMILES string of the molecule is COc1c(C(=O)NC2CCCCC2)cc2ccccc2c1Br. The molecule has 1 saturated carbocycles. The summed E-state index contributed by atoms with van der Waals surface area (Å²) in [6, 6.07) is 10.2. The maximum absolute atomic E-state index is 12.7. The second-order valence-corrected chi connectivity index (χ2v) is 6.59. The van der Waals surface area contributed by atoms with Gasteiger partial charge in [-0.25, -0.2) is 0 Å². The second kappa shape index (κ2) is 6.69. The van der Waals surface area contributed by atoms with E-state index in [4.69, 9.17) is 4.74 Å². The maximum atomic E-state index is 12.7. The van der Waals surface area contributed by atoms with Crippen LogP contribution in [0.15, 0.2) is 34.8 Å². The fourth-order valence-corrected chi connectivity index (χ4v) is 3.90. The standard InChI is InChI=1S/C18H20BrNO2/c1-22-17-15(18(21)20-13-8-3-2-4-9-13)11-12-7-5-6-10-14(12)16(17)19/h5-7,10-11,13H,2-4,8-9H2,1H3,(H,20,21). The number of ether oxygens (including phenoxy) is 1. The van der Waals surface area contributed by atoms with Gasteiger partial charge in [-0.05, 0) is 45.6 Å². The Morgan fingerprint density at radius 1 is 1.23 bits per heavy atom. The van der Waals surface area contributed by atoms with Crippen molar-refractivity contribution in [3.8, 4) is 5.75 Å². The maximum Gasteiger partial charge on any atom is 0.255 e. The molecule has 2 aromatic carbocycles. The lowest BCUT2D eigenvalue weighted by Gasteiger charge is -2.23. The molecule has 2 aromatic rings. The van der Waals surface area contributed by atoms with E-state index in [1.807, 2.05) is 30.3 Å². The van der Waals surface area contributed by atoms with Crippen LogP contribution in [0.1, 0.15) is 42.5 Å². The highest BCUT2D eigenvalue weighted by molar-refractivity contribution is 9.10. The topological polar surface area (TPSA) is 38.3 Å². The molecule has 0 bridgehead atoms. The number of hydrogen-bond donors (Lipinski definition) is 1. The zero-order valence-electron chi connectivity index (χ0n) is 12.7. The molecule has 3 rings (SSSR count). The summed E-state index contributed by atoms with van der Waals surface area (Å²) in [6.07, 6.45) is 5.82. The van der Waals surface area contributed by atoms with Gasteiger partial charge in [0.2, 0.25) is 0 Å². The number of carbonyl (C=O) groups excluding carboxylic acids is 1. The summed E-state index contributed by atoms with van der Waals surface area (Å²) in [5, 5.41) is 5.24. The van der Waals surface area contributed by atoms with Gasteiger partial charge < -0.3 is 10.1 Å². The molecular formula is C18H20BrNO2. The third-order valence-corrected chi connectivity index (χ3v) is 5.12. The van der Waals surface area contributed by atoms with Crippen molar-refractivity contribution in [1.82, 2.24) is 5.32 Å². The molecule has 0 aromatic heterocycles. The highest BCUT2D eigenvalue weighted by atomic mass is 79.9. The Hall–Kier alpha value is -1.55. The van der Waals surface area contributed by atoms with Crippen LogP contribution in [0.5, 0.6) is 5.75 Å². The van der Waals surface area contributed by atoms with Crippen LogP contribution in [0.2, 0.25) is 0 Å². The van der Waals surface area contributed by atoms with Crippen molar-refractivity contribution in [3.63, 3.8) is 0 Å². The first-order chi connectivity index (χ1) is 10.7. The molecule has 1 amide bonds. The molecule has 3 nitrogen and oxygen atoms in total. The number of benzene rings is 2. The molecule has 0 spiro atoms. The van der Waals surface area contributed by atoms with Crippen LogP contribution >= 0.6 is 15.9 Å². The second-order valence-electron chi connectivity index (χ2n) is 5.80. The average Bonchev–Trinajstić information content (AvgIpc) is 2.55. The lowest BCUT2D eigenvalue weighted by Crippen LogP contribution is -2.36. The van der Waals surface area contributed by atoms with Crippen LogP contribution in [0.25, 0.3) is 10.8 Å². The van der Waals surface area contributed by atoms with Crippen molar-refractivity contribution in [2.75, 3.05) is 7.11 Å². The quantitative estimate of drug-likeness (QED) is 0.862. The van der Waals surface area contributed by atoms with Crippen LogP contribution in [0.3, 0.4) is 0 Å². The molecule has 1 aliphatic rings. The summed E-state index contributed by atoms with van der Waals surface area (Å²) in [4.78, 5) is 12.7. The summed E-state index contributed by atoms with van der Waals surface area (Å²) in [6.45, 7) is 0. The molecular weight excluding hydrogens is 342 g/mol. The van der Waals surface area contributed by atoms with Crippen molar-refractivity contribution in [1.29, 1.82) is 0 Å². The van der Waals surface area contributed by atoms with E-state index in [1.54, 1.807) is 7.11 Å². The van der Waals surface area contributed by atoms with Gasteiger partial charge in [-0.2, -0.15) is 0 Å². The molecule has 1 fully saturated rings. The Balaban J connectivity index is 1.96. The monoisotopic (exact) mass is 361 g/mol. The van der Waals surface area contributed by atoms with E-state index in [2.05, 4.69) is 21.2 Å². The van der Waals surface area contributed by atoms with Gasteiger partial charge in [0.25, 0.3) is 5.91 Å². The molecule has 0 radical (unpaired) electrons.